The standard InChI is InChI=1S/C17H16ClNO4S/c1-2-11-23-15-8-6-7-14(12-15)19(13-17(18)20)24(21,22)16-9-4-3-5-10-16/h2-10,12H,1,11,13H2. The number of anilines is 1. The molecule has 126 valence electrons. The second kappa shape index (κ2) is 7.99. The van der Waals surface area contributed by atoms with E-state index >= 15 is 0 Å². The SMILES string of the molecule is C=CCOc1cccc(N(CC(=O)Cl)S(=O)(=O)c2ccccc2)c1. The van der Waals surface area contributed by atoms with Crippen LogP contribution in [-0.2, 0) is 14.8 Å². The van der Waals surface area contributed by atoms with Gasteiger partial charge in [0.2, 0.25) is 5.24 Å². The van der Waals surface area contributed by atoms with E-state index in [1.54, 1.807) is 42.5 Å². The molecule has 0 amide bonds. The lowest BCUT2D eigenvalue weighted by Crippen LogP contribution is -2.34. The van der Waals surface area contributed by atoms with Crippen LogP contribution in [0, 0.1) is 0 Å². The number of halogens is 1. The highest BCUT2D eigenvalue weighted by Gasteiger charge is 2.26. The minimum Gasteiger partial charge on any atom is -0.489 e. The van der Waals surface area contributed by atoms with Gasteiger partial charge >= 0.3 is 0 Å². The van der Waals surface area contributed by atoms with Gasteiger partial charge in [-0.25, -0.2) is 8.42 Å². The van der Waals surface area contributed by atoms with E-state index in [1.807, 2.05) is 0 Å². The van der Waals surface area contributed by atoms with E-state index in [0.717, 1.165) is 4.31 Å². The molecule has 2 rings (SSSR count). The number of hydrogen-bond acceptors (Lipinski definition) is 4. The molecule has 7 heteroatoms. The molecular formula is C17H16ClNO4S. The Bertz CT molecular complexity index is 821. The van der Waals surface area contributed by atoms with E-state index in [-0.39, 0.29) is 17.2 Å². The van der Waals surface area contributed by atoms with Crippen LogP contribution in [-0.4, -0.2) is 26.8 Å². The second-order valence-corrected chi connectivity index (χ2v) is 7.06. The lowest BCUT2D eigenvalue weighted by Gasteiger charge is -2.23. The van der Waals surface area contributed by atoms with Gasteiger partial charge in [0.15, 0.2) is 0 Å². The van der Waals surface area contributed by atoms with E-state index in [4.69, 9.17) is 16.3 Å². The Morgan fingerprint density at radius 3 is 2.50 bits per heavy atom. The van der Waals surface area contributed by atoms with Crippen molar-refractivity contribution in [2.45, 2.75) is 4.90 Å². The number of carbonyl (C=O) groups is 1. The van der Waals surface area contributed by atoms with Gasteiger partial charge in [0.1, 0.15) is 18.9 Å². The van der Waals surface area contributed by atoms with Crippen molar-refractivity contribution in [3.8, 4) is 5.75 Å². The van der Waals surface area contributed by atoms with Crippen molar-refractivity contribution < 1.29 is 17.9 Å². The van der Waals surface area contributed by atoms with Gasteiger partial charge < -0.3 is 4.74 Å². The molecule has 0 spiro atoms. The number of carbonyl (C=O) groups excluding carboxylic acids is 1. The van der Waals surface area contributed by atoms with Gasteiger partial charge in [0.25, 0.3) is 10.0 Å². The van der Waals surface area contributed by atoms with Crippen LogP contribution in [0.4, 0.5) is 5.69 Å². The average Bonchev–Trinajstić information content (AvgIpc) is 2.58. The molecular weight excluding hydrogens is 350 g/mol. The summed E-state index contributed by atoms with van der Waals surface area (Å²) in [6.07, 6.45) is 1.58. The van der Waals surface area contributed by atoms with Crippen molar-refractivity contribution in [1.29, 1.82) is 0 Å². The van der Waals surface area contributed by atoms with Crippen LogP contribution in [0.2, 0.25) is 0 Å². The van der Waals surface area contributed by atoms with Crippen LogP contribution in [0.5, 0.6) is 5.75 Å². The zero-order valence-corrected chi connectivity index (χ0v) is 14.3. The number of ether oxygens (including phenoxy) is 1. The highest BCUT2D eigenvalue weighted by Crippen LogP contribution is 2.27. The van der Waals surface area contributed by atoms with Gasteiger partial charge in [-0.05, 0) is 35.9 Å². The fourth-order valence-electron chi connectivity index (χ4n) is 2.03. The zero-order chi connectivity index (χ0) is 17.6. The van der Waals surface area contributed by atoms with Crippen LogP contribution in [0.3, 0.4) is 0 Å². The molecule has 24 heavy (non-hydrogen) atoms. The highest BCUT2D eigenvalue weighted by molar-refractivity contribution is 7.92. The molecule has 0 saturated carbocycles. The van der Waals surface area contributed by atoms with Crippen LogP contribution < -0.4 is 9.04 Å². The molecule has 5 nitrogen and oxygen atoms in total. The molecule has 0 saturated heterocycles. The Hall–Kier alpha value is -2.31. The lowest BCUT2D eigenvalue weighted by atomic mass is 10.3. The summed E-state index contributed by atoms with van der Waals surface area (Å²) >= 11 is 5.45. The van der Waals surface area contributed by atoms with Crippen LogP contribution in [0.1, 0.15) is 0 Å². The summed E-state index contributed by atoms with van der Waals surface area (Å²) in [5.74, 6) is 0.461. The first-order valence-corrected chi connectivity index (χ1v) is 8.87. The van der Waals surface area contributed by atoms with E-state index in [9.17, 15) is 13.2 Å². The van der Waals surface area contributed by atoms with Crippen LogP contribution >= 0.6 is 11.6 Å². The van der Waals surface area contributed by atoms with Gasteiger partial charge in [-0.2, -0.15) is 0 Å². The minimum atomic E-state index is -3.93. The maximum Gasteiger partial charge on any atom is 0.264 e. The molecule has 0 bridgehead atoms. The first-order chi connectivity index (χ1) is 11.4. The third kappa shape index (κ3) is 4.37. The molecule has 0 aliphatic rings. The number of nitrogens with zero attached hydrogens (tertiary/aromatic N) is 1. The zero-order valence-electron chi connectivity index (χ0n) is 12.8. The summed E-state index contributed by atoms with van der Waals surface area (Å²) in [5.41, 5.74) is 0.286. The molecule has 0 N–H and O–H groups in total. The molecule has 2 aromatic rings. The van der Waals surface area contributed by atoms with E-state index in [0.29, 0.717) is 5.75 Å². The van der Waals surface area contributed by atoms with Crippen molar-refractivity contribution in [2.24, 2.45) is 0 Å². The molecule has 2 aromatic carbocycles. The molecule has 0 radical (unpaired) electrons. The Balaban J connectivity index is 2.46. The van der Waals surface area contributed by atoms with Gasteiger partial charge in [0.05, 0.1) is 10.6 Å². The first-order valence-electron chi connectivity index (χ1n) is 7.05. The van der Waals surface area contributed by atoms with E-state index in [2.05, 4.69) is 6.58 Å². The Morgan fingerprint density at radius 1 is 1.17 bits per heavy atom. The Morgan fingerprint density at radius 2 is 1.88 bits per heavy atom. The predicted molar refractivity (Wildman–Crippen MR) is 94.0 cm³/mol. The summed E-state index contributed by atoms with van der Waals surface area (Å²) in [5, 5.41) is -0.785. The third-order valence-electron chi connectivity index (χ3n) is 3.07. The van der Waals surface area contributed by atoms with Gasteiger partial charge in [0, 0.05) is 6.07 Å². The fraction of sp³-hybridized carbons (Fsp3) is 0.118. The quantitative estimate of drug-likeness (QED) is 0.532. The summed E-state index contributed by atoms with van der Waals surface area (Å²) in [6.45, 7) is 3.36. The number of benzene rings is 2. The summed E-state index contributed by atoms with van der Waals surface area (Å²) in [7, 11) is -3.93. The first kappa shape index (κ1) is 18.0. The van der Waals surface area contributed by atoms with Crippen LogP contribution in [0.15, 0.2) is 72.1 Å². The van der Waals surface area contributed by atoms with Crippen molar-refractivity contribution in [2.75, 3.05) is 17.5 Å². The predicted octanol–water partition coefficient (Wildman–Crippen LogP) is 3.21. The molecule has 0 fully saturated rings. The minimum absolute atomic E-state index is 0.0697. The summed E-state index contributed by atoms with van der Waals surface area (Å²) in [6, 6.07) is 14.3. The van der Waals surface area contributed by atoms with Gasteiger partial charge in [-0.1, -0.05) is 36.9 Å². The Labute approximate surface area is 146 Å². The molecule has 0 aliphatic heterocycles. The van der Waals surface area contributed by atoms with E-state index in [1.165, 1.54) is 18.2 Å². The van der Waals surface area contributed by atoms with Crippen LogP contribution in [0.25, 0.3) is 0 Å². The smallest absolute Gasteiger partial charge is 0.264 e. The van der Waals surface area contributed by atoms with Crippen molar-refractivity contribution in [3.05, 3.63) is 67.3 Å². The lowest BCUT2D eigenvalue weighted by molar-refractivity contribution is -0.110. The summed E-state index contributed by atoms with van der Waals surface area (Å²) < 4.78 is 32.1. The molecule has 0 atom stereocenters. The molecule has 0 aliphatic carbocycles. The molecule has 0 heterocycles. The van der Waals surface area contributed by atoms with Crippen molar-refractivity contribution in [1.82, 2.24) is 0 Å². The average molecular weight is 366 g/mol. The van der Waals surface area contributed by atoms with E-state index < -0.39 is 21.8 Å². The summed E-state index contributed by atoms with van der Waals surface area (Å²) in [4.78, 5) is 11.4. The highest BCUT2D eigenvalue weighted by atomic mass is 35.5. The Kier molecular flexibility index (Phi) is 6.00. The fourth-order valence-corrected chi connectivity index (χ4v) is 3.66. The van der Waals surface area contributed by atoms with Gasteiger partial charge in [-0.3, -0.25) is 9.10 Å². The number of rotatable bonds is 8. The number of hydrogen-bond donors (Lipinski definition) is 0. The normalized spacial score (nSPS) is 10.9. The maximum absolute atomic E-state index is 12.9. The maximum atomic E-state index is 12.9. The number of sulfonamides is 1. The van der Waals surface area contributed by atoms with Crippen molar-refractivity contribution >= 4 is 32.6 Å². The van der Waals surface area contributed by atoms with Crippen molar-refractivity contribution in [3.63, 3.8) is 0 Å². The molecule has 0 aromatic heterocycles. The largest absolute Gasteiger partial charge is 0.489 e. The monoisotopic (exact) mass is 365 g/mol. The second-order valence-electron chi connectivity index (χ2n) is 4.78. The van der Waals surface area contributed by atoms with Gasteiger partial charge in [-0.15, -0.1) is 0 Å². The third-order valence-corrected chi connectivity index (χ3v) is 4.98. The molecule has 0 unspecified atom stereocenters. The topological polar surface area (TPSA) is 63.7 Å².